The molecule has 2 aromatic rings. The third-order valence-electron chi connectivity index (χ3n) is 5.12. The summed E-state index contributed by atoms with van der Waals surface area (Å²) in [5, 5.41) is 3.97. The fraction of sp³-hybridized carbons (Fsp3) is 0.190. The van der Waals surface area contributed by atoms with Crippen molar-refractivity contribution in [2.75, 3.05) is 13.7 Å². The third kappa shape index (κ3) is 2.87. The number of ether oxygens (including phenoxy) is 1. The van der Waals surface area contributed by atoms with Crippen molar-refractivity contribution >= 4 is 32.6 Å². The number of esters is 1. The lowest BCUT2D eigenvalue weighted by atomic mass is 9.94. The van der Waals surface area contributed by atoms with E-state index < -0.39 is 26.5 Å². The van der Waals surface area contributed by atoms with Crippen LogP contribution in [0.5, 0.6) is 0 Å². The van der Waals surface area contributed by atoms with E-state index in [0.717, 1.165) is 18.9 Å². The van der Waals surface area contributed by atoms with Gasteiger partial charge in [0, 0.05) is 24.5 Å². The second-order valence-electron chi connectivity index (χ2n) is 6.69. The Bertz CT molecular complexity index is 1130. The van der Waals surface area contributed by atoms with E-state index in [9.17, 15) is 13.2 Å². The molecule has 0 amide bonds. The first kappa shape index (κ1) is 19.1. The third-order valence-corrected chi connectivity index (χ3v) is 7.38. The average molecular weight is 409 g/mol. The van der Waals surface area contributed by atoms with Crippen molar-refractivity contribution in [1.82, 2.24) is 5.43 Å². The predicted octanol–water partition coefficient (Wildman–Crippen LogP) is 2.14. The van der Waals surface area contributed by atoms with Gasteiger partial charge in [0.15, 0.2) is 5.04 Å². The lowest BCUT2D eigenvalue weighted by molar-refractivity contribution is -0.140. The molecule has 0 saturated heterocycles. The van der Waals surface area contributed by atoms with E-state index in [1.807, 2.05) is 36.4 Å². The van der Waals surface area contributed by atoms with Gasteiger partial charge in [0.25, 0.3) is 0 Å². The number of benzene rings is 2. The van der Waals surface area contributed by atoms with Gasteiger partial charge in [0.2, 0.25) is 14.6 Å². The zero-order valence-corrected chi connectivity index (χ0v) is 16.5. The van der Waals surface area contributed by atoms with Crippen LogP contribution in [0, 0.1) is 0 Å². The summed E-state index contributed by atoms with van der Waals surface area (Å²) in [5.41, 5.74) is 4.38. The van der Waals surface area contributed by atoms with E-state index >= 15 is 0 Å². The van der Waals surface area contributed by atoms with Gasteiger partial charge < -0.3 is 10.2 Å². The number of hydrogen-bond acceptors (Lipinski definition) is 7. The molecule has 2 aliphatic heterocycles. The second kappa shape index (κ2) is 7.29. The minimum atomic E-state index is -4.31. The lowest BCUT2D eigenvalue weighted by Crippen LogP contribution is -2.52. The molecule has 148 valence electrons. The number of carbonyl (C=O) groups is 1. The van der Waals surface area contributed by atoms with Crippen molar-refractivity contribution in [2.45, 2.75) is 10.7 Å². The van der Waals surface area contributed by atoms with Gasteiger partial charge >= 0.3 is 5.97 Å². The molecule has 4 rings (SSSR count). The average Bonchev–Trinajstić information content (AvgIpc) is 3.43. The van der Waals surface area contributed by atoms with Crippen LogP contribution in [0.3, 0.4) is 0 Å². The van der Waals surface area contributed by atoms with Crippen LogP contribution in [0.15, 0.2) is 77.0 Å². The van der Waals surface area contributed by atoms with Crippen LogP contribution >= 0.6 is 0 Å². The van der Waals surface area contributed by atoms with E-state index in [4.69, 9.17) is 4.74 Å². The highest BCUT2D eigenvalue weighted by molar-refractivity contribution is 8.09. The van der Waals surface area contributed by atoms with Gasteiger partial charge in [-0.1, -0.05) is 60.7 Å². The van der Waals surface area contributed by atoms with Gasteiger partial charge in [-0.2, -0.15) is 5.10 Å². The maximum Gasteiger partial charge on any atom is 0.338 e. The number of hydrazone groups is 1. The van der Waals surface area contributed by atoms with Crippen LogP contribution in [0.1, 0.15) is 17.0 Å². The Labute approximate surface area is 168 Å². The Kier molecular flexibility index (Phi) is 4.79. The molecule has 0 fully saturated rings. The summed E-state index contributed by atoms with van der Waals surface area (Å²) in [4.78, 5) is 17.0. The van der Waals surface area contributed by atoms with Crippen LogP contribution in [0.4, 0.5) is 0 Å². The number of nitrogens with zero attached hydrogens (tertiary/aromatic N) is 2. The van der Waals surface area contributed by atoms with Gasteiger partial charge in [-0.3, -0.25) is 4.99 Å². The monoisotopic (exact) mass is 409 g/mol. The molecule has 29 heavy (non-hydrogen) atoms. The molecular formula is C21H19N3O4S. The molecule has 0 radical (unpaired) electrons. The molecule has 7 nitrogen and oxygen atoms in total. The summed E-state index contributed by atoms with van der Waals surface area (Å²) in [5.74, 6) is -1.44. The molecule has 1 N–H and O–H groups in total. The standard InChI is InChI=1S/C21H19N3O4S/c1-28-20(25)21(14-22-13-18(21)16-10-6-3-7-11-16)29(26,27)19-17(12-23-24-19)15-8-4-2-5-9-15/h2-11,13-14,17,23H,12H2,1H3. The van der Waals surface area contributed by atoms with Crippen molar-refractivity contribution in [3.63, 3.8) is 0 Å². The van der Waals surface area contributed by atoms with Gasteiger partial charge in [-0.25, -0.2) is 13.2 Å². The Hall–Kier alpha value is -3.26. The maximum atomic E-state index is 13.9. The lowest BCUT2D eigenvalue weighted by Gasteiger charge is -2.28. The fourth-order valence-electron chi connectivity index (χ4n) is 3.67. The first-order chi connectivity index (χ1) is 14.0. The van der Waals surface area contributed by atoms with Crippen molar-refractivity contribution in [2.24, 2.45) is 10.1 Å². The van der Waals surface area contributed by atoms with E-state index in [1.54, 1.807) is 24.3 Å². The molecule has 8 heteroatoms. The van der Waals surface area contributed by atoms with Crippen molar-refractivity contribution < 1.29 is 17.9 Å². The topological polar surface area (TPSA) is 97.2 Å². The Morgan fingerprint density at radius 3 is 2.41 bits per heavy atom. The number of aliphatic imine (C=N–C) groups is 1. The minimum absolute atomic E-state index is 0.107. The smallest absolute Gasteiger partial charge is 0.338 e. The van der Waals surface area contributed by atoms with Crippen molar-refractivity contribution in [1.29, 1.82) is 0 Å². The quantitative estimate of drug-likeness (QED) is 0.781. The molecule has 2 heterocycles. The van der Waals surface area contributed by atoms with Crippen LogP contribution in [0.25, 0.3) is 5.57 Å². The Morgan fingerprint density at radius 1 is 1.10 bits per heavy atom. The van der Waals surface area contributed by atoms with Gasteiger partial charge in [-0.15, -0.1) is 0 Å². The number of methoxy groups -OCH3 is 1. The first-order valence-electron chi connectivity index (χ1n) is 9.01. The number of nitrogens with one attached hydrogen (secondary N) is 1. The zero-order valence-electron chi connectivity index (χ0n) is 15.6. The van der Waals surface area contributed by atoms with Crippen LogP contribution in [-0.4, -0.2) is 44.0 Å². The largest absolute Gasteiger partial charge is 0.467 e. The van der Waals surface area contributed by atoms with E-state index in [1.165, 1.54) is 6.20 Å². The molecule has 0 aromatic heterocycles. The first-order valence-corrected chi connectivity index (χ1v) is 10.5. The van der Waals surface area contributed by atoms with Crippen LogP contribution < -0.4 is 5.43 Å². The molecule has 0 saturated carbocycles. The summed E-state index contributed by atoms with van der Waals surface area (Å²) in [6, 6.07) is 18.0. The maximum absolute atomic E-state index is 13.9. The summed E-state index contributed by atoms with van der Waals surface area (Å²) >= 11 is 0. The summed E-state index contributed by atoms with van der Waals surface area (Å²) in [7, 11) is -3.15. The van der Waals surface area contributed by atoms with Crippen molar-refractivity contribution in [3.8, 4) is 0 Å². The molecule has 2 atom stereocenters. The Morgan fingerprint density at radius 2 is 1.76 bits per heavy atom. The fourth-order valence-corrected chi connectivity index (χ4v) is 5.74. The normalized spacial score (nSPS) is 23.3. The highest BCUT2D eigenvalue weighted by atomic mass is 32.2. The molecule has 2 aliphatic rings. The number of carbonyl (C=O) groups excluding carboxylic acids is 1. The molecule has 0 aliphatic carbocycles. The van der Waals surface area contributed by atoms with Crippen molar-refractivity contribution in [3.05, 3.63) is 78.0 Å². The van der Waals surface area contributed by atoms with Gasteiger partial charge in [0.05, 0.1) is 13.0 Å². The summed E-state index contributed by atoms with van der Waals surface area (Å²) in [6.07, 6.45) is 2.53. The molecule has 0 spiro atoms. The zero-order chi connectivity index (χ0) is 20.5. The second-order valence-corrected chi connectivity index (χ2v) is 8.76. The van der Waals surface area contributed by atoms with Crippen LogP contribution in [-0.2, 0) is 19.4 Å². The van der Waals surface area contributed by atoms with Gasteiger partial charge in [-0.05, 0) is 11.1 Å². The number of rotatable bonds is 4. The van der Waals surface area contributed by atoms with Crippen LogP contribution in [0.2, 0.25) is 0 Å². The molecule has 0 bridgehead atoms. The highest BCUT2D eigenvalue weighted by Crippen LogP contribution is 2.41. The van der Waals surface area contributed by atoms with E-state index in [-0.39, 0.29) is 10.6 Å². The summed E-state index contributed by atoms with van der Waals surface area (Å²) < 4.78 is 30.7. The van der Waals surface area contributed by atoms with Gasteiger partial charge in [0.1, 0.15) is 0 Å². The molecule has 2 aromatic carbocycles. The minimum Gasteiger partial charge on any atom is -0.467 e. The molecular weight excluding hydrogens is 390 g/mol. The Balaban J connectivity index is 1.87. The SMILES string of the molecule is COC(=O)C1(S(=O)(=O)C2=NNCC2c2ccccc2)C=NC=C1c1ccccc1. The van der Waals surface area contributed by atoms with E-state index in [2.05, 4.69) is 15.5 Å². The molecule has 2 unspecified atom stereocenters. The predicted molar refractivity (Wildman–Crippen MR) is 111 cm³/mol. The number of sulfone groups is 1. The summed E-state index contributed by atoms with van der Waals surface area (Å²) in [6.45, 7) is 0.317. The van der Waals surface area contributed by atoms with E-state index in [0.29, 0.717) is 12.1 Å². The number of hydrogen-bond donors (Lipinski definition) is 1. The highest BCUT2D eigenvalue weighted by Gasteiger charge is 2.59.